The quantitative estimate of drug-likeness (QED) is 0.0343. The lowest BCUT2D eigenvalue weighted by Gasteiger charge is -2.18. The van der Waals surface area contributed by atoms with Gasteiger partial charge in [-0.15, -0.1) is 0 Å². The van der Waals surface area contributed by atoms with Gasteiger partial charge in [0.15, 0.2) is 6.10 Å². The SMILES string of the molecule is CCCCCCCCCCCCCCCCCCCCCCCCCCCCCCCCCCCC(=O)OCC(COC(=O)CCCCCCCCCCCCC)OC(=O)CCCCCCCCCCCCCCCCCC. The van der Waals surface area contributed by atoms with E-state index in [0.717, 1.165) is 57.8 Å². The van der Waals surface area contributed by atoms with Gasteiger partial charge in [0.1, 0.15) is 13.2 Å². The third-order valence-electron chi connectivity index (χ3n) is 16.9. The average Bonchev–Trinajstić information content (AvgIpc) is 3.44. The van der Waals surface area contributed by atoms with Crippen molar-refractivity contribution in [2.45, 2.75) is 431 Å². The van der Waals surface area contributed by atoms with E-state index in [9.17, 15) is 14.4 Å². The fraction of sp³-hybridized carbons (Fsp3) is 0.958. The molecule has 78 heavy (non-hydrogen) atoms. The smallest absolute Gasteiger partial charge is 0.306 e. The summed E-state index contributed by atoms with van der Waals surface area (Å²) in [5, 5.41) is 0. The summed E-state index contributed by atoms with van der Waals surface area (Å²) in [6.07, 6.45) is 80.2. The van der Waals surface area contributed by atoms with Crippen LogP contribution in [0.15, 0.2) is 0 Å². The normalized spacial score (nSPS) is 11.9. The number of ether oxygens (including phenoxy) is 3. The lowest BCUT2D eigenvalue weighted by Crippen LogP contribution is -2.30. The first-order chi connectivity index (χ1) is 38.5. The average molecular weight is 1100 g/mol. The van der Waals surface area contributed by atoms with Gasteiger partial charge in [-0.1, -0.05) is 387 Å². The molecule has 1 atom stereocenters. The molecule has 464 valence electrons. The highest BCUT2D eigenvalue weighted by molar-refractivity contribution is 5.71. The molecule has 6 nitrogen and oxygen atoms in total. The van der Waals surface area contributed by atoms with Gasteiger partial charge in [0, 0.05) is 19.3 Å². The molecule has 0 N–H and O–H groups in total. The van der Waals surface area contributed by atoms with Crippen LogP contribution in [0.1, 0.15) is 425 Å². The molecule has 0 rings (SSSR count). The van der Waals surface area contributed by atoms with Gasteiger partial charge < -0.3 is 14.2 Å². The summed E-state index contributed by atoms with van der Waals surface area (Å²) in [4.78, 5) is 38.3. The van der Waals surface area contributed by atoms with E-state index < -0.39 is 6.10 Å². The third-order valence-corrected chi connectivity index (χ3v) is 16.9. The zero-order valence-corrected chi connectivity index (χ0v) is 53.5. The minimum Gasteiger partial charge on any atom is -0.462 e. The maximum Gasteiger partial charge on any atom is 0.306 e. The maximum absolute atomic E-state index is 12.9. The second-order valence-electron chi connectivity index (χ2n) is 24.9. The van der Waals surface area contributed by atoms with Crippen LogP contribution >= 0.6 is 0 Å². The summed E-state index contributed by atoms with van der Waals surface area (Å²) in [6, 6.07) is 0. The van der Waals surface area contributed by atoms with E-state index in [0.29, 0.717) is 19.3 Å². The molecule has 6 heteroatoms. The van der Waals surface area contributed by atoms with Gasteiger partial charge in [-0.3, -0.25) is 14.4 Å². The summed E-state index contributed by atoms with van der Waals surface area (Å²) in [5.41, 5.74) is 0. The topological polar surface area (TPSA) is 78.9 Å². The first-order valence-corrected chi connectivity index (χ1v) is 36.0. The Morgan fingerprint density at radius 2 is 0.346 bits per heavy atom. The van der Waals surface area contributed by atoms with E-state index in [1.54, 1.807) is 0 Å². The molecular weight excluding hydrogens is 961 g/mol. The van der Waals surface area contributed by atoms with Gasteiger partial charge in [-0.05, 0) is 19.3 Å². The van der Waals surface area contributed by atoms with Crippen molar-refractivity contribution >= 4 is 17.9 Å². The van der Waals surface area contributed by atoms with Crippen LogP contribution in [-0.4, -0.2) is 37.2 Å². The van der Waals surface area contributed by atoms with E-state index >= 15 is 0 Å². The molecule has 1 unspecified atom stereocenters. The Bertz CT molecular complexity index is 1170. The highest BCUT2D eigenvalue weighted by Crippen LogP contribution is 2.20. The molecule has 0 amide bonds. The zero-order chi connectivity index (χ0) is 56.4. The van der Waals surface area contributed by atoms with Crippen molar-refractivity contribution in [3.63, 3.8) is 0 Å². The molecular formula is C72H140O6. The van der Waals surface area contributed by atoms with Crippen LogP contribution in [0.25, 0.3) is 0 Å². The first-order valence-electron chi connectivity index (χ1n) is 36.0. The number of hydrogen-bond donors (Lipinski definition) is 0. The molecule has 0 aromatic heterocycles. The standard InChI is InChI=1S/C72H140O6/c1-4-7-10-13-16-19-22-24-26-28-29-30-31-32-33-34-35-36-37-38-39-40-41-42-43-44-46-47-50-53-56-59-62-65-71(74)77-68-69(67-76-70(73)64-61-58-55-52-49-21-18-15-12-9-6-3)78-72(75)66-63-60-57-54-51-48-45-27-25-23-20-17-14-11-8-5-2/h69H,4-68H2,1-3H3. The Hall–Kier alpha value is -1.59. The van der Waals surface area contributed by atoms with Crippen LogP contribution in [0.5, 0.6) is 0 Å². The number of rotatable bonds is 68. The minimum atomic E-state index is -0.762. The van der Waals surface area contributed by atoms with Gasteiger partial charge in [-0.2, -0.15) is 0 Å². The van der Waals surface area contributed by atoms with Crippen molar-refractivity contribution in [3.8, 4) is 0 Å². The number of carbonyl (C=O) groups is 3. The Labute approximate surface area is 488 Å². The van der Waals surface area contributed by atoms with Crippen LogP contribution in [-0.2, 0) is 28.6 Å². The molecule has 0 aromatic carbocycles. The molecule has 0 fully saturated rings. The van der Waals surface area contributed by atoms with Crippen molar-refractivity contribution in [2.75, 3.05) is 13.2 Å². The second-order valence-corrected chi connectivity index (χ2v) is 24.9. The molecule has 0 heterocycles. The molecule has 0 bridgehead atoms. The Balaban J connectivity index is 4.01. The van der Waals surface area contributed by atoms with Gasteiger partial charge in [0.2, 0.25) is 0 Å². The van der Waals surface area contributed by atoms with E-state index in [-0.39, 0.29) is 31.1 Å². The molecule has 0 radical (unpaired) electrons. The fourth-order valence-electron chi connectivity index (χ4n) is 11.5. The molecule has 0 aliphatic rings. The number of esters is 3. The number of unbranched alkanes of at least 4 members (excludes halogenated alkanes) is 57. The van der Waals surface area contributed by atoms with E-state index in [4.69, 9.17) is 14.2 Å². The monoisotopic (exact) mass is 1100 g/mol. The maximum atomic E-state index is 12.9. The van der Waals surface area contributed by atoms with Crippen LogP contribution in [0.4, 0.5) is 0 Å². The van der Waals surface area contributed by atoms with Crippen LogP contribution < -0.4 is 0 Å². The van der Waals surface area contributed by atoms with E-state index in [2.05, 4.69) is 20.8 Å². The van der Waals surface area contributed by atoms with Crippen LogP contribution in [0, 0.1) is 0 Å². The highest BCUT2D eigenvalue weighted by Gasteiger charge is 2.20. The third kappa shape index (κ3) is 65.2. The summed E-state index contributed by atoms with van der Waals surface area (Å²) in [5.74, 6) is -0.825. The molecule has 0 aliphatic heterocycles. The molecule has 0 aromatic rings. The van der Waals surface area contributed by atoms with Crippen molar-refractivity contribution in [1.29, 1.82) is 0 Å². The van der Waals surface area contributed by atoms with Gasteiger partial charge in [-0.25, -0.2) is 0 Å². The summed E-state index contributed by atoms with van der Waals surface area (Å²) >= 11 is 0. The summed E-state index contributed by atoms with van der Waals surface area (Å²) < 4.78 is 17.0. The van der Waals surface area contributed by atoms with Gasteiger partial charge in [0.25, 0.3) is 0 Å². The molecule has 0 spiro atoms. The van der Waals surface area contributed by atoms with Crippen molar-refractivity contribution < 1.29 is 28.6 Å². The predicted molar refractivity (Wildman–Crippen MR) is 340 cm³/mol. The van der Waals surface area contributed by atoms with Crippen LogP contribution in [0.2, 0.25) is 0 Å². The highest BCUT2D eigenvalue weighted by atomic mass is 16.6. The van der Waals surface area contributed by atoms with Crippen molar-refractivity contribution in [3.05, 3.63) is 0 Å². The minimum absolute atomic E-state index is 0.0606. The van der Waals surface area contributed by atoms with Crippen molar-refractivity contribution in [2.24, 2.45) is 0 Å². The van der Waals surface area contributed by atoms with Crippen LogP contribution in [0.3, 0.4) is 0 Å². The largest absolute Gasteiger partial charge is 0.462 e. The Morgan fingerprint density at radius 1 is 0.205 bits per heavy atom. The first kappa shape index (κ1) is 76.4. The molecule has 0 saturated heterocycles. The lowest BCUT2D eigenvalue weighted by atomic mass is 10.0. The Kier molecular flexibility index (Phi) is 66.5. The second kappa shape index (κ2) is 67.9. The summed E-state index contributed by atoms with van der Waals surface area (Å²) in [6.45, 7) is 6.72. The summed E-state index contributed by atoms with van der Waals surface area (Å²) in [7, 11) is 0. The predicted octanol–water partition coefficient (Wildman–Crippen LogP) is 24.6. The van der Waals surface area contributed by atoms with Gasteiger partial charge in [0.05, 0.1) is 0 Å². The lowest BCUT2D eigenvalue weighted by molar-refractivity contribution is -0.167. The molecule has 0 saturated carbocycles. The van der Waals surface area contributed by atoms with Crippen molar-refractivity contribution in [1.82, 2.24) is 0 Å². The zero-order valence-electron chi connectivity index (χ0n) is 53.5. The van der Waals surface area contributed by atoms with Gasteiger partial charge >= 0.3 is 17.9 Å². The number of hydrogen-bond acceptors (Lipinski definition) is 6. The Morgan fingerprint density at radius 3 is 0.513 bits per heavy atom. The molecule has 0 aliphatic carbocycles. The van der Waals surface area contributed by atoms with E-state index in [1.807, 2.05) is 0 Å². The number of carbonyl (C=O) groups excluding carboxylic acids is 3. The fourth-order valence-corrected chi connectivity index (χ4v) is 11.5. The van der Waals surface area contributed by atoms with E-state index in [1.165, 1.54) is 327 Å².